The zero-order chi connectivity index (χ0) is 9.26. The number of rotatable bonds is 1. The molecule has 1 amide bonds. The van der Waals surface area contributed by atoms with Crippen LogP contribution in [0.3, 0.4) is 0 Å². The van der Waals surface area contributed by atoms with E-state index in [2.05, 4.69) is 5.32 Å². The Labute approximate surface area is 77.5 Å². The van der Waals surface area contributed by atoms with Crippen molar-refractivity contribution in [2.45, 2.75) is 6.10 Å². The molecule has 1 unspecified atom stereocenters. The fraction of sp³-hybridized carbons (Fsp3) is 0.222. The maximum atomic E-state index is 10.8. The molecule has 0 bridgehead atoms. The predicted molar refractivity (Wildman–Crippen MR) is 51.8 cm³/mol. The topological polar surface area (TPSA) is 38.3 Å². The number of carbonyl (C=O) groups is 1. The number of cyclic esters (lactones) is 1. The van der Waals surface area contributed by atoms with Crippen LogP contribution in [0.4, 0.5) is 4.79 Å². The smallest absolute Gasteiger partial charge is 0.407 e. The molecule has 1 aliphatic rings. The molecular formula is C9H10BNO2. The molecule has 1 aromatic rings. The summed E-state index contributed by atoms with van der Waals surface area (Å²) in [5.41, 5.74) is 2.25. The van der Waals surface area contributed by atoms with E-state index in [4.69, 9.17) is 4.74 Å². The average molecular weight is 175 g/mol. The highest BCUT2D eigenvalue weighted by Crippen LogP contribution is 2.19. The van der Waals surface area contributed by atoms with Crippen molar-refractivity contribution in [1.82, 2.24) is 5.32 Å². The summed E-state index contributed by atoms with van der Waals surface area (Å²) < 4.78 is 5.04. The first-order valence-electron chi connectivity index (χ1n) is 4.27. The second kappa shape index (κ2) is 3.13. The molecule has 0 saturated carbocycles. The molecule has 1 N–H and O–H groups in total. The van der Waals surface area contributed by atoms with E-state index in [1.165, 1.54) is 5.46 Å². The van der Waals surface area contributed by atoms with Gasteiger partial charge in [0.2, 0.25) is 0 Å². The van der Waals surface area contributed by atoms with Gasteiger partial charge >= 0.3 is 6.09 Å². The van der Waals surface area contributed by atoms with Gasteiger partial charge in [-0.25, -0.2) is 4.79 Å². The van der Waals surface area contributed by atoms with Crippen LogP contribution < -0.4 is 10.8 Å². The number of carbonyl (C=O) groups excluding carboxylic acids is 1. The molecular weight excluding hydrogens is 165 g/mol. The van der Waals surface area contributed by atoms with Gasteiger partial charge in [0.1, 0.15) is 14.0 Å². The maximum Gasteiger partial charge on any atom is 0.407 e. The Bertz CT molecular complexity index is 323. The summed E-state index contributed by atoms with van der Waals surface area (Å²) in [6.07, 6.45) is -0.446. The van der Waals surface area contributed by atoms with E-state index in [1.807, 2.05) is 32.1 Å². The standard InChI is InChI=1S/C9H10BNO2/c10-7-3-1-6(2-4-7)8-5-11-9(12)13-8/h1-4,8H,5,10H2,(H,11,12). The van der Waals surface area contributed by atoms with Gasteiger partial charge in [-0.05, 0) is 5.56 Å². The molecule has 0 radical (unpaired) electrons. The summed E-state index contributed by atoms with van der Waals surface area (Å²) in [6.45, 7) is 0.571. The molecule has 0 aromatic heterocycles. The summed E-state index contributed by atoms with van der Waals surface area (Å²) >= 11 is 0. The third kappa shape index (κ3) is 1.66. The zero-order valence-electron chi connectivity index (χ0n) is 7.41. The lowest BCUT2D eigenvalue weighted by atomic mass is 9.94. The van der Waals surface area contributed by atoms with Crippen molar-refractivity contribution < 1.29 is 9.53 Å². The lowest BCUT2D eigenvalue weighted by Gasteiger charge is -2.07. The number of ether oxygens (including phenoxy) is 1. The molecule has 1 atom stereocenters. The molecule has 0 aliphatic carbocycles. The highest BCUT2D eigenvalue weighted by molar-refractivity contribution is 6.32. The Morgan fingerprint density at radius 2 is 2.08 bits per heavy atom. The molecule has 2 rings (SSSR count). The van der Waals surface area contributed by atoms with Crippen LogP contribution in [0.25, 0.3) is 0 Å². The normalized spacial score (nSPS) is 20.9. The third-order valence-electron chi connectivity index (χ3n) is 2.13. The Balaban J connectivity index is 2.17. The minimum absolute atomic E-state index is 0.118. The van der Waals surface area contributed by atoms with E-state index < -0.39 is 0 Å². The minimum Gasteiger partial charge on any atom is -0.439 e. The molecule has 0 spiro atoms. The van der Waals surface area contributed by atoms with Gasteiger partial charge in [-0.3, -0.25) is 0 Å². The quantitative estimate of drug-likeness (QED) is 0.596. The average Bonchev–Trinajstić information content (AvgIpc) is 2.53. The van der Waals surface area contributed by atoms with Crippen molar-refractivity contribution in [2.24, 2.45) is 0 Å². The second-order valence-electron chi connectivity index (χ2n) is 3.19. The summed E-state index contributed by atoms with van der Waals surface area (Å²) in [5, 5.41) is 2.62. The highest BCUT2D eigenvalue weighted by Gasteiger charge is 2.23. The van der Waals surface area contributed by atoms with Crippen LogP contribution in [0, 0.1) is 0 Å². The number of nitrogens with one attached hydrogen (secondary N) is 1. The van der Waals surface area contributed by atoms with E-state index in [-0.39, 0.29) is 12.2 Å². The highest BCUT2D eigenvalue weighted by atomic mass is 16.6. The van der Waals surface area contributed by atoms with Gasteiger partial charge < -0.3 is 10.1 Å². The molecule has 1 aliphatic heterocycles. The molecule has 3 nitrogen and oxygen atoms in total. The van der Waals surface area contributed by atoms with Crippen LogP contribution in [-0.4, -0.2) is 20.5 Å². The van der Waals surface area contributed by atoms with Crippen molar-refractivity contribution in [3.63, 3.8) is 0 Å². The largest absolute Gasteiger partial charge is 0.439 e. The maximum absolute atomic E-state index is 10.8. The SMILES string of the molecule is Bc1ccc(C2CNC(=O)O2)cc1. The first-order valence-corrected chi connectivity index (χ1v) is 4.27. The van der Waals surface area contributed by atoms with Crippen molar-refractivity contribution in [1.29, 1.82) is 0 Å². The summed E-state index contributed by atoms with van der Waals surface area (Å²) in [6, 6.07) is 8.00. The first-order chi connectivity index (χ1) is 6.25. The van der Waals surface area contributed by atoms with Gasteiger partial charge in [-0.1, -0.05) is 29.7 Å². The molecule has 13 heavy (non-hydrogen) atoms. The minimum atomic E-state index is -0.328. The van der Waals surface area contributed by atoms with Gasteiger partial charge in [0.15, 0.2) is 0 Å². The fourth-order valence-corrected chi connectivity index (χ4v) is 1.36. The molecule has 1 heterocycles. The number of benzene rings is 1. The van der Waals surface area contributed by atoms with E-state index in [0.29, 0.717) is 6.54 Å². The van der Waals surface area contributed by atoms with Crippen LogP contribution in [0.2, 0.25) is 0 Å². The molecule has 4 heteroatoms. The number of hydrogen-bond acceptors (Lipinski definition) is 2. The monoisotopic (exact) mass is 175 g/mol. The van der Waals surface area contributed by atoms with E-state index in [1.54, 1.807) is 0 Å². The lowest BCUT2D eigenvalue weighted by Crippen LogP contribution is -2.12. The van der Waals surface area contributed by atoms with E-state index >= 15 is 0 Å². The van der Waals surface area contributed by atoms with Crippen molar-refractivity contribution in [3.8, 4) is 0 Å². The number of alkyl carbamates (subject to hydrolysis) is 1. The summed E-state index contributed by atoms with van der Waals surface area (Å²) in [5.74, 6) is 0. The van der Waals surface area contributed by atoms with Crippen LogP contribution in [0.1, 0.15) is 11.7 Å². The van der Waals surface area contributed by atoms with E-state index in [0.717, 1.165) is 5.56 Å². The third-order valence-corrected chi connectivity index (χ3v) is 2.13. The van der Waals surface area contributed by atoms with Crippen LogP contribution >= 0.6 is 0 Å². The molecule has 1 fully saturated rings. The summed E-state index contributed by atoms with van der Waals surface area (Å²) in [4.78, 5) is 10.8. The predicted octanol–water partition coefficient (Wildman–Crippen LogP) is -0.274. The Morgan fingerprint density at radius 1 is 1.38 bits per heavy atom. The summed E-state index contributed by atoms with van der Waals surface area (Å²) in [7, 11) is 2.03. The Morgan fingerprint density at radius 3 is 2.62 bits per heavy atom. The second-order valence-corrected chi connectivity index (χ2v) is 3.19. The van der Waals surface area contributed by atoms with E-state index in [9.17, 15) is 4.79 Å². The molecule has 1 aromatic carbocycles. The van der Waals surface area contributed by atoms with Crippen LogP contribution in [0.15, 0.2) is 24.3 Å². The van der Waals surface area contributed by atoms with Crippen LogP contribution in [-0.2, 0) is 4.74 Å². The Kier molecular flexibility index (Phi) is 1.96. The van der Waals surface area contributed by atoms with Crippen molar-refractivity contribution >= 4 is 19.4 Å². The van der Waals surface area contributed by atoms with Gasteiger partial charge in [0, 0.05) is 0 Å². The van der Waals surface area contributed by atoms with Gasteiger partial charge in [0.25, 0.3) is 0 Å². The van der Waals surface area contributed by atoms with Crippen LogP contribution in [0.5, 0.6) is 0 Å². The molecule has 1 saturated heterocycles. The first kappa shape index (κ1) is 8.17. The lowest BCUT2D eigenvalue weighted by molar-refractivity contribution is 0.141. The van der Waals surface area contributed by atoms with Crippen molar-refractivity contribution in [3.05, 3.63) is 29.8 Å². The Hall–Kier alpha value is -1.45. The molecule has 66 valence electrons. The number of amides is 1. The van der Waals surface area contributed by atoms with Gasteiger partial charge in [-0.15, -0.1) is 0 Å². The fourth-order valence-electron chi connectivity index (χ4n) is 1.36. The van der Waals surface area contributed by atoms with Crippen molar-refractivity contribution in [2.75, 3.05) is 6.54 Å². The number of hydrogen-bond donors (Lipinski definition) is 1. The van der Waals surface area contributed by atoms with Gasteiger partial charge in [-0.2, -0.15) is 0 Å². The van der Waals surface area contributed by atoms with Gasteiger partial charge in [0.05, 0.1) is 6.54 Å². The zero-order valence-corrected chi connectivity index (χ0v) is 7.41.